The predicted molar refractivity (Wildman–Crippen MR) is 66.7 cm³/mol. The average Bonchev–Trinajstić information content (AvgIpc) is 2.65. The maximum atomic E-state index is 12.1. The van der Waals surface area contributed by atoms with Crippen molar-refractivity contribution in [2.24, 2.45) is 5.73 Å². The highest BCUT2D eigenvalue weighted by Gasteiger charge is 2.46. The summed E-state index contributed by atoms with van der Waals surface area (Å²) in [7, 11) is 0. The van der Waals surface area contributed by atoms with Crippen LogP contribution in [0.1, 0.15) is 46.5 Å². The molecule has 2 aliphatic rings. The number of nitrogens with two attached hydrogens (primary N) is 1. The predicted octanol–water partition coefficient (Wildman–Crippen LogP) is 0.809. The SMILES string of the molecule is CC(C)(C)OC(=O)[C@@H]1CC[C@H]2CC[C@H](N)C(=O)N21. The van der Waals surface area contributed by atoms with E-state index in [9.17, 15) is 9.59 Å². The molecular weight excluding hydrogens is 232 g/mol. The quantitative estimate of drug-likeness (QED) is 0.703. The van der Waals surface area contributed by atoms with Crippen molar-refractivity contribution in [3.8, 4) is 0 Å². The zero-order chi connectivity index (χ0) is 13.5. The van der Waals surface area contributed by atoms with Crippen molar-refractivity contribution < 1.29 is 14.3 Å². The second-order valence-electron chi connectivity index (χ2n) is 6.21. The van der Waals surface area contributed by atoms with E-state index in [-0.39, 0.29) is 17.9 Å². The number of amides is 1. The number of hydrogen-bond acceptors (Lipinski definition) is 4. The number of hydrogen-bond donors (Lipinski definition) is 1. The molecule has 0 spiro atoms. The largest absolute Gasteiger partial charge is 0.458 e. The van der Waals surface area contributed by atoms with Gasteiger partial charge in [0.25, 0.3) is 0 Å². The summed E-state index contributed by atoms with van der Waals surface area (Å²) >= 11 is 0. The fourth-order valence-electron chi connectivity index (χ4n) is 2.79. The van der Waals surface area contributed by atoms with Crippen molar-refractivity contribution in [2.75, 3.05) is 0 Å². The molecule has 0 bridgehead atoms. The van der Waals surface area contributed by atoms with E-state index >= 15 is 0 Å². The normalized spacial score (nSPS) is 32.3. The van der Waals surface area contributed by atoms with Gasteiger partial charge in [0.1, 0.15) is 11.6 Å². The Bertz CT molecular complexity index is 362. The molecule has 2 fully saturated rings. The summed E-state index contributed by atoms with van der Waals surface area (Å²) < 4.78 is 5.38. The molecule has 0 aromatic carbocycles. The molecule has 0 unspecified atom stereocenters. The summed E-state index contributed by atoms with van der Waals surface area (Å²) in [6, 6.07) is -0.716. The molecule has 3 atom stereocenters. The highest BCUT2D eigenvalue weighted by atomic mass is 16.6. The van der Waals surface area contributed by atoms with Gasteiger partial charge in [-0.25, -0.2) is 4.79 Å². The first kappa shape index (κ1) is 13.3. The van der Waals surface area contributed by atoms with Gasteiger partial charge in [-0.2, -0.15) is 0 Å². The van der Waals surface area contributed by atoms with Crippen molar-refractivity contribution in [2.45, 2.75) is 70.2 Å². The molecule has 0 radical (unpaired) electrons. The Balaban J connectivity index is 2.10. The highest BCUT2D eigenvalue weighted by molar-refractivity contribution is 5.89. The van der Waals surface area contributed by atoms with Crippen molar-refractivity contribution in [3.05, 3.63) is 0 Å². The Hall–Kier alpha value is -1.10. The molecule has 2 rings (SSSR count). The molecule has 18 heavy (non-hydrogen) atoms. The maximum Gasteiger partial charge on any atom is 0.329 e. The lowest BCUT2D eigenvalue weighted by Crippen LogP contribution is -2.55. The van der Waals surface area contributed by atoms with E-state index in [1.165, 1.54) is 0 Å². The van der Waals surface area contributed by atoms with Gasteiger partial charge < -0.3 is 15.4 Å². The standard InChI is InChI=1S/C13H22N2O3/c1-13(2,3)18-12(17)10-7-5-8-4-6-9(14)11(16)15(8)10/h8-10H,4-7,14H2,1-3H3/t8-,9+,10+/m1/s1. The van der Waals surface area contributed by atoms with E-state index in [2.05, 4.69) is 0 Å². The Morgan fingerprint density at radius 2 is 1.89 bits per heavy atom. The van der Waals surface area contributed by atoms with Crippen molar-refractivity contribution in [1.82, 2.24) is 4.90 Å². The van der Waals surface area contributed by atoms with Crippen LogP contribution in [0.5, 0.6) is 0 Å². The van der Waals surface area contributed by atoms with Gasteiger partial charge in [0.15, 0.2) is 0 Å². The van der Waals surface area contributed by atoms with E-state index in [0.29, 0.717) is 6.42 Å². The summed E-state index contributed by atoms with van der Waals surface area (Å²) in [6.07, 6.45) is 3.19. The van der Waals surface area contributed by atoms with Gasteiger partial charge >= 0.3 is 5.97 Å². The third-order valence-corrected chi connectivity index (χ3v) is 3.56. The van der Waals surface area contributed by atoms with Crippen LogP contribution in [0, 0.1) is 0 Å². The van der Waals surface area contributed by atoms with Gasteiger partial charge in [-0.1, -0.05) is 0 Å². The second-order valence-corrected chi connectivity index (χ2v) is 6.21. The molecule has 0 saturated carbocycles. The van der Waals surface area contributed by atoms with E-state index in [0.717, 1.165) is 19.3 Å². The van der Waals surface area contributed by atoms with Gasteiger partial charge in [-0.15, -0.1) is 0 Å². The second kappa shape index (κ2) is 4.53. The number of ether oxygens (including phenoxy) is 1. The first-order valence-electron chi connectivity index (χ1n) is 6.60. The number of nitrogens with zero attached hydrogens (tertiary/aromatic N) is 1. The monoisotopic (exact) mass is 254 g/mol. The fourth-order valence-corrected chi connectivity index (χ4v) is 2.79. The summed E-state index contributed by atoms with van der Waals surface area (Å²) in [5, 5.41) is 0. The lowest BCUT2D eigenvalue weighted by atomic mass is 9.99. The average molecular weight is 254 g/mol. The van der Waals surface area contributed by atoms with Crippen molar-refractivity contribution in [3.63, 3.8) is 0 Å². The molecule has 5 nitrogen and oxygen atoms in total. The minimum absolute atomic E-state index is 0.0976. The first-order valence-corrected chi connectivity index (χ1v) is 6.60. The van der Waals surface area contributed by atoms with E-state index in [1.54, 1.807) is 4.90 Å². The maximum absolute atomic E-state index is 12.1. The lowest BCUT2D eigenvalue weighted by Gasteiger charge is -2.36. The zero-order valence-electron chi connectivity index (χ0n) is 11.3. The molecule has 102 valence electrons. The van der Waals surface area contributed by atoms with Crippen molar-refractivity contribution in [1.29, 1.82) is 0 Å². The van der Waals surface area contributed by atoms with Gasteiger partial charge in [-0.05, 0) is 46.5 Å². The minimum atomic E-state index is -0.518. The molecule has 1 amide bonds. The minimum Gasteiger partial charge on any atom is -0.458 e. The molecule has 0 aliphatic carbocycles. The van der Waals surface area contributed by atoms with Crippen LogP contribution in [0.25, 0.3) is 0 Å². The lowest BCUT2D eigenvalue weighted by molar-refractivity contribution is -0.165. The summed E-state index contributed by atoms with van der Waals surface area (Å²) in [6.45, 7) is 5.50. The molecule has 2 N–H and O–H groups in total. The van der Waals surface area contributed by atoms with Crippen LogP contribution < -0.4 is 5.73 Å². The van der Waals surface area contributed by atoms with E-state index in [4.69, 9.17) is 10.5 Å². The zero-order valence-corrected chi connectivity index (χ0v) is 11.3. The van der Waals surface area contributed by atoms with Crippen LogP contribution >= 0.6 is 0 Å². The van der Waals surface area contributed by atoms with Crippen LogP contribution in [0.2, 0.25) is 0 Å². The Morgan fingerprint density at radius 1 is 1.28 bits per heavy atom. The van der Waals surface area contributed by atoms with Gasteiger partial charge in [0.2, 0.25) is 5.91 Å². The van der Waals surface area contributed by atoms with E-state index < -0.39 is 17.7 Å². The molecule has 2 heterocycles. The summed E-state index contributed by atoms with van der Waals surface area (Å²) in [4.78, 5) is 25.9. The highest BCUT2D eigenvalue weighted by Crippen LogP contribution is 2.33. The number of esters is 1. The Labute approximate surface area is 108 Å². The number of carbonyl (C=O) groups excluding carboxylic acids is 2. The molecule has 0 aromatic heterocycles. The van der Waals surface area contributed by atoms with Gasteiger partial charge in [0, 0.05) is 6.04 Å². The third kappa shape index (κ3) is 2.51. The Kier molecular flexibility index (Phi) is 3.36. The Morgan fingerprint density at radius 3 is 2.50 bits per heavy atom. The van der Waals surface area contributed by atoms with Crippen molar-refractivity contribution >= 4 is 11.9 Å². The topological polar surface area (TPSA) is 72.6 Å². The number of rotatable bonds is 1. The molecule has 2 aliphatic heterocycles. The van der Waals surface area contributed by atoms with Gasteiger partial charge in [0.05, 0.1) is 6.04 Å². The van der Waals surface area contributed by atoms with Crippen LogP contribution in [-0.2, 0) is 14.3 Å². The molecular formula is C13H22N2O3. The summed E-state index contributed by atoms with van der Waals surface area (Å²) in [5.74, 6) is -0.396. The van der Waals surface area contributed by atoms with Crippen LogP contribution in [0.3, 0.4) is 0 Å². The summed E-state index contributed by atoms with van der Waals surface area (Å²) in [5.41, 5.74) is 5.26. The number of fused-ring (bicyclic) bond motifs is 1. The molecule has 2 saturated heterocycles. The third-order valence-electron chi connectivity index (χ3n) is 3.56. The smallest absolute Gasteiger partial charge is 0.329 e. The van der Waals surface area contributed by atoms with Gasteiger partial charge in [-0.3, -0.25) is 4.79 Å². The number of carbonyl (C=O) groups is 2. The first-order chi connectivity index (χ1) is 8.29. The molecule has 0 aromatic rings. The molecule has 5 heteroatoms. The number of piperidine rings is 1. The van der Waals surface area contributed by atoms with E-state index in [1.807, 2.05) is 20.8 Å². The van der Waals surface area contributed by atoms with Crippen LogP contribution in [0.4, 0.5) is 0 Å². The fraction of sp³-hybridized carbons (Fsp3) is 0.846. The van der Waals surface area contributed by atoms with Crippen LogP contribution in [0.15, 0.2) is 0 Å². The van der Waals surface area contributed by atoms with Crippen LogP contribution in [-0.4, -0.2) is 40.5 Å².